The predicted molar refractivity (Wildman–Crippen MR) is 103 cm³/mol. The summed E-state index contributed by atoms with van der Waals surface area (Å²) < 4.78 is 26.7. The average molecular weight is 394 g/mol. The molecule has 1 aromatic rings. The van der Waals surface area contributed by atoms with E-state index in [0.717, 1.165) is 29.1 Å². The van der Waals surface area contributed by atoms with Gasteiger partial charge < -0.3 is 10.6 Å². The molecule has 3 rings (SSSR count). The van der Waals surface area contributed by atoms with Gasteiger partial charge in [-0.25, -0.2) is 8.42 Å². The lowest BCUT2D eigenvalue weighted by molar-refractivity contribution is -0.122. The van der Waals surface area contributed by atoms with Crippen LogP contribution < -0.4 is 10.6 Å². The lowest BCUT2D eigenvalue weighted by Gasteiger charge is -2.30. The van der Waals surface area contributed by atoms with Crippen LogP contribution in [-0.4, -0.2) is 44.2 Å². The average Bonchev–Trinajstić information content (AvgIpc) is 2.63. The van der Waals surface area contributed by atoms with Crippen LogP contribution in [0.1, 0.15) is 44.6 Å². The zero-order valence-electron chi connectivity index (χ0n) is 15.8. The number of fused-ring (bicyclic) bond motifs is 1. The molecule has 0 aromatic heterocycles. The molecule has 2 aliphatic rings. The number of sulfonamides is 1. The van der Waals surface area contributed by atoms with Crippen molar-refractivity contribution < 1.29 is 18.0 Å². The van der Waals surface area contributed by atoms with E-state index in [4.69, 9.17) is 0 Å². The van der Waals surface area contributed by atoms with Crippen molar-refractivity contribution in [2.75, 3.05) is 18.9 Å². The number of amides is 2. The molecule has 0 radical (unpaired) electrons. The highest BCUT2D eigenvalue weighted by Gasteiger charge is 2.27. The van der Waals surface area contributed by atoms with Gasteiger partial charge in [-0.1, -0.05) is 19.8 Å². The van der Waals surface area contributed by atoms with Crippen LogP contribution in [0.5, 0.6) is 0 Å². The number of rotatable bonds is 5. The van der Waals surface area contributed by atoms with E-state index in [9.17, 15) is 18.0 Å². The summed E-state index contributed by atoms with van der Waals surface area (Å²) in [4.78, 5) is 23.9. The lowest BCUT2D eigenvalue weighted by Crippen LogP contribution is -2.46. The first-order chi connectivity index (χ1) is 12.8. The van der Waals surface area contributed by atoms with E-state index in [-0.39, 0.29) is 29.3 Å². The highest BCUT2D eigenvalue weighted by atomic mass is 32.2. The number of nitrogens with one attached hydrogen (secondary N) is 2. The summed E-state index contributed by atoms with van der Waals surface area (Å²) in [6, 6.07) is 4.78. The highest BCUT2D eigenvalue weighted by Crippen LogP contribution is 2.27. The molecule has 27 heavy (non-hydrogen) atoms. The van der Waals surface area contributed by atoms with Gasteiger partial charge in [0.25, 0.3) is 0 Å². The Kier molecular flexibility index (Phi) is 5.86. The summed E-state index contributed by atoms with van der Waals surface area (Å²) in [5, 5.41) is 5.72. The Morgan fingerprint density at radius 2 is 2.00 bits per heavy atom. The van der Waals surface area contributed by atoms with Gasteiger partial charge in [-0.05, 0) is 48.9 Å². The first-order valence-electron chi connectivity index (χ1n) is 9.46. The zero-order valence-corrected chi connectivity index (χ0v) is 16.6. The molecule has 2 atom stereocenters. The summed E-state index contributed by atoms with van der Waals surface area (Å²) in [7, 11) is -2.36. The van der Waals surface area contributed by atoms with Crippen LogP contribution in [-0.2, 0) is 26.0 Å². The zero-order chi connectivity index (χ0) is 19.6. The summed E-state index contributed by atoms with van der Waals surface area (Å²) in [6.45, 7) is 1.91. The Morgan fingerprint density at radius 3 is 2.74 bits per heavy atom. The molecule has 2 amide bonds. The van der Waals surface area contributed by atoms with Gasteiger partial charge in [0.05, 0.1) is 11.4 Å². The lowest BCUT2D eigenvalue weighted by atomic mass is 9.86. The monoisotopic (exact) mass is 393 g/mol. The molecule has 1 fully saturated rings. The molecule has 0 spiro atoms. The normalized spacial score (nSPS) is 22.9. The van der Waals surface area contributed by atoms with E-state index >= 15 is 0 Å². The fraction of sp³-hybridized carbons (Fsp3) is 0.579. The quantitative estimate of drug-likeness (QED) is 0.798. The molecule has 0 saturated heterocycles. The molecule has 0 unspecified atom stereocenters. The van der Waals surface area contributed by atoms with Crippen molar-refractivity contribution in [3.63, 3.8) is 0 Å². The Morgan fingerprint density at radius 1 is 1.26 bits per heavy atom. The summed E-state index contributed by atoms with van der Waals surface area (Å²) in [6.07, 6.45) is 5.16. The molecule has 7 nitrogen and oxygen atoms in total. The number of carbonyl (C=O) groups is 2. The first kappa shape index (κ1) is 19.8. The van der Waals surface area contributed by atoms with Crippen LogP contribution in [0.3, 0.4) is 0 Å². The summed E-state index contributed by atoms with van der Waals surface area (Å²) in [5.41, 5.74) is 1.45. The molecular formula is C19H27N3O4S. The van der Waals surface area contributed by atoms with Crippen LogP contribution in [0, 0.1) is 5.92 Å². The minimum absolute atomic E-state index is 0.0659. The van der Waals surface area contributed by atoms with Gasteiger partial charge in [-0.15, -0.1) is 0 Å². The van der Waals surface area contributed by atoms with E-state index in [2.05, 4.69) is 17.6 Å². The van der Waals surface area contributed by atoms with Crippen molar-refractivity contribution in [3.8, 4) is 0 Å². The van der Waals surface area contributed by atoms with Crippen LogP contribution in [0.2, 0.25) is 0 Å². The number of hydrogen-bond acceptors (Lipinski definition) is 4. The molecule has 1 saturated carbocycles. The third kappa shape index (κ3) is 4.50. The predicted octanol–water partition coefficient (Wildman–Crippen LogP) is 1.89. The highest BCUT2D eigenvalue weighted by molar-refractivity contribution is 7.89. The van der Waals surface area contributed by atoms with Gasteiger partial charge >= 0.3 is 0 Å². The number of hydrogen-bond donors (Lipinski definition) is 2. The summed E-state index contributed by atoms with van der Waals surface area (Å²) in [5.74, 6) is 0.0781. The molecular weight excluding hydrogens is 366 g/mol. The van der Waals surface area contributed by atoms with E-state index < -0.39 is 10.0 Å². The Labute approximate surface area is 160 Å². The molecule has 2 N–H and O–H groups in total. The molecule has 1 aromatic carbocycles. The minimum atomic E-state index is -3.78. The maximum Gasteiger partial charge on any atom is 0.243 e. The topological polar surface area (TPSA) is 95.6 Å². The smallest absolute Gasteiger partial charge is 0.243 e. The Hall–Kier alpha value is -1.93. The van der Waals surface area contributed by atoms with Crippen molar-refractivity contribution in [2.24, 2.45) is 5.92 Å². The van der Waals surface area contributed by atoms with Crippen molar-refractivity contribution in [2.45, 2.75) is 56.4 Å². The fourth-order valence-electron chi connectivity index (χ4n) is 3.77. The van der Waals surface area contributed by atoms with Gasteiger partial charge in [-0.2, -0.15) is 4.31 Å². The molecule has 1 aliphatic heterocycles. The third-order valence-corrected chi connectivity index (χ3v) is 7.30. The maximum atomic E-state index is 12.8. The molecule has 1 heterocycles. The molecule has 1 aliphatic carbocycles. The second kappa shape index (κ2) is 7.98. The van der Waals surface area contributed by atoms with Gasteiger partial charge in [-0.3, -0.25) is 9.59 Å². The van der Waals surface area contributed by atoms with Crippen molar-refractivity contribution >= 4 is 27.5 Å². The van der Waals surface area contributed by atoms with Crippen LogP contribution >= 0.6 is 0 Å². The second-order valence-electron chi connectivity index (χ2n) is 7.56. The molecule has 148 valence electrons. The van der Waals surface area contributed by atoms with Gasteiger partial charge in [0.1, 0.15) is 0 Å². The van der Waals surface area contributed by atoms with Crippen molar-refractivity contribution in [3.05, 3.63) is 23.8 Å². The Bertz CT molecular complexity index is 837. The third-order valence-electron chi connectivity index (χ3n) is 5.50. The number of benzene rings is 1. The summed E-state index contributed by atoms with van der Waals surface area (Å²) >= 11 is 0. The van der Waals surface area contributed by atoms with Crippen LogP contribution in [0.25, 0.3) is 0 Å². The largest absolute Gasteiger partial charge is 0.352 e. The standard InChI is InChI=1S/C19H27N3O4S/c1-13-5-3-4-6-16(13)20-19(24)12-22(2)27(25,26)15-8-9-17-14(11-15)7-10-18(23)21-17/h8-9,11,13,16H,3-7,10,12H2,1-2H3,(H,20,24)(H,21,23)/t13-,16-/m0/s1. The van der Waals surface area contributed by atoms with E-state index in [1.165, 1.54) is 19.5 Å². The van der Waals surface area contributed by atoms with Crippen molar-refractivity contribution in [1.82, 2.24) is 9.62 Å². The number of anilines is 1. The Balaban J connectivity index is 1.67. The van der Waals surface area contributed by atoms with Gasteiger partial charge in [0.15, 0.2) is 0 Å². The van der Waals surface area contributed by atoms with E-state index in [1.54, 1.807) is 12.1 Å². The minimum Gasteiger partial charge on any atom is -0.352 e. The maximum absolute atomic E-state index is 12.8. The van der Waals surface area contributed by atoms with E-state index in [1.807, 2.05) is 0 Å². The SMILES string of the molecule is C[C@H]1CCCC[C@@H]1NC(=O)CN(C)S(=O)(=O)c1ccc2c(c1)CCC(=O)N2. The second-order valence-corrected chi connectivity index (χ2v) is 9.61. The van der Waals surface area contributed by atoms with Crippen LogP contribution in [0.4, 0.5) is 5.69 Å². The fourth-order valence-corrected chi connectivity index (χ4v) is 4.95. The number of nitrogens with zero attached hydrogens (tertiary/aromatic N) is 1. The number of carbonyl (C=O) groups excluding carboxylic acids is 2. The number of aryl methyl sites for hydroxylation is 1. The molecule has 8 heteroatoms. The van der Waals surface area contributed by atoms with Crippen molar-refractivity contribution in [1.29, 1.82) is 0 Å². The molecule has 0 bridgehead atoms. The van der Waals surface area contributed by atoms with Crippen LogP contribution in [0.15, 0.2) is 23.1 Å². The first-order valence-corrected chi connectivity index (χ1v) is 10.9. The van der Waals surface area contributed by atoms with Gasteiger partial charge in [0, 0.05) is 25.2 Å². The van der Waals surface area contributed by atoms with Gasteiger partial charge in [0.2, 0.25) is 21.8 Å². The number of likely N-dealkylation sites (N-methyl/N-ethyl adjacent to an activating group) is 1. The van der Waals surface area contributed by atoms with E-state index in [0.29, 0.717) is 24.4 Å².